The van der Waals surface area contributed by atoms with E-state index < -0.39 is 0 Å². The van der Waals surface area contributed by atoms with Crippen molar-refractivity contribution in [2.75, 3.05) is 40.3 Å². The van der Waals surface area contributed by atoms with Crippen LogP contribution in [0.25, 0.3) is 0 Å². The molecule has 1 aliphatic heterocycles. The highest BCUT2D eigenvalue weighted by Crippen LogP contribution is 2.04. The second-order valence-electron chi connectivity index (χ2n) is 3.98. The SMILES string of the molecule is CC#CC(=O)NCC1CN(C)CCN1C. The van der Waals surface area contributed by atoms with Crippen molar-refractivity contribution in [3.8, 4) is 11.8 Å². The number of piperazine rings is 1. The lowest BCUT2D eigenvalue weighted by Crippen LogP contribution is -2.54. The fourth-order valence-corrected chi connectivity index (χ4v) is 1.69. The van der Waals surface area contributed by atoms with Crippen LogP contribution in [0.15, 0.2) is 0 Å². The first-order valence-corrected chi connectivity index (χ1v) is 5.23. The van der Waals surface area contributed by atoms with Crippen LogP contribution in [-0.4, -0.2) is 62.0 Å². The zero-order valence-corrected chi connectivity index (χ0v) is 9.71. The Morgan fingerprint density at radius 3 is 2.87 bits per heavy atom. The lowest BCUT2D eigenvalue weighted by Gasteiger charge is -2.37. The molecule has 1 aliphatic rings. The second kappa shape index (κ2) is 5.74. The molecule has 4 nitrogen and oxygen atoms in total. The number of carbonyl (C=O) groups is 1. The van der Waals surface area contributed by atoms with Gasteiger partial charge in [0, 0.05) is 32.2 Å². The molecular formula is C11H19N3O. The monoisotopic (exact) mass is 209 g/mol. The first kappa shape index (κ1) is 12.0. The third-order valence-electron chi connectivity index (χ3n) is 2.72. The van der Waals surface area contributed by atoms with E-state index in [1.807, 2.05) is 0 Å². The standard InChI is InChI=1S/C11H19N3O/c1-4-5-11(15)12-8-10-9-13(2)6-7-14(10)3/h10H,6-9H2,1-3H3,(H,12,15). The van der Waals surface area contributed by atoms with E-state index in [4.69, 9.17) is 0 Å². The summed E-state index contributed by atoms with van der Waals surface area (Å²) in [7, 11) is 4.20. The predicted molar refractivity (Wildman–Crippen MR) is 60.4 cm³/mol. The molecule has 0 bridgehead atoms. The van der Waals surface area contributed by atoms with E-state index in [0.717, 1.165) is 19.6 Å². The molecule has 1 atom stereocenters. The first-order chi connectivity index (χ1) is 7.13. The molecule has 0 spiro atoms. The van der Waals surface area contributed by atoms with E-state index in [9.17, 15) is 4.79 Å². The van der Waals surface area contributed by atoms with Crippen molar-refractivity contribution in [3.05, 3.63) is 0 Å². The minimum atomic E-state index is -0.181. The van der Waals surface area contributed by atoms with Crippen LogP contribution < -0.4 is 5.32 Å². The average Bonchev–Trinajstić information content (AvgIpc) is 2.20. The van der Waals surface area contributed by atoms with Crippen LogP contribution in [-0.2, 0) is 4.79 Å². The van der Waals surface area contributed by atoms with Crippen molar-refractivity contribution in [1.82, 2.24) is 15.1 Å². The molecule has 1 fully saturated rings. The molecule has 1 amide bonds. The third-order valence-corrected chi connectivity index (χ3v) is 2.72. The molecule has 15 heavy (non-hydrogen) atoms. The minimum Gasteiger partial charge on any atom is -0.344 e. The summed E-state index contributed by atoms with van der Waals surface area (Å²) in [5.41, 5.74) is 0. The van der Waals surface area contributed by atoms with Crippen molar-refractivity contribution in [2.45, 2.75) is 13.0 Å². The van der Waals surface area contributed by atoms with Gasteiger partial charge in [-0.15, -0.1) is 0 Å². The number of hydrogen-bond donors (Lipinski definition) is 1. The molecule has 1 saturated heterocycles. The Morgan fingerprint density at radius 2 is 2.20 bits per heavy atom. The molecular weight excluding hydrogens is 190 g/mol. The van der Waals surface area contributed by atoms with Crippen molar-refractivity contribution in [3.63, 3.8) is 0 Å². The van der Waals surface area contributed by atoms with E-state index in [0.29, 0.717) is 12.6 Å². The number of nitrogens with zero attached hydrogens (tertiary/aromatic N) is 2. The Hall–Kier alpha value is -1.05. The Morgan fingerprint density at radius 1 is 1.47 bits per heavy atom. The van der Waals surface area contributed by atoms with Gasteiger partial charge in [0.25, 0.3) is 5.91 Å². The second-order valence-corrected chi connectivity index (χ2v) is 3.98. The third kappa shape index (κ3) is 3.90. The van der Waals surface area contributed by atoms with E-state index >= 15 is 0 Å². The quantitative estimate of drug-likeness (QED) is 0.615. The number of likely N-dealkylation sites (N-methyl/N-ethyl adjacent to an activating group) is 2. The fraction of sp³-hybridized carbons (Fsp3) is 0.727. The Balaban J connectivity index is 2.35. The highest BCUT2D eigenvalue weighted by Gasteiger charge is 2.21. The molecule has 4 heteroatoms. The largest absolute Gasteiger partial charge is 0.344 e. The van der Waals surface area contributed by atoms with E-state index in [2.05, 4.69) is 41.1 Å². The Kier molecular flexibility index (Phi) is 4.60. The van der Waals surface area contributed by atoms with E-state index in [1.54, 1.807) is 6.92 Å². The zero-order chi connectivity index (χ0) is 11.3. The maximum absolute atomic E-state index is 11.2. The summed E-state index contributed by atoms with van der Waals surface area (Å²) in [5.74, 6) is 4.89. The summed E-state index contributed by atoms with van der Waals surface area (Å²) in [6.45, 7) is 5.48. The smallest absolute Gasteiger partial charge is 0.295 e. The van der Waals surface area contributed by atoms with Crippen LogP contribution in [0.1, 0.15) is 6.92 Å². The fourth-order valence-electron chi connectivity index (χ4n) is 1.69. The molecule has 1 unspecified atom stereocenters. The van der Waals surface area contributed by atoms with Crippen LogP contribution in [0.2, 0.25) is 0 Å². The van der Waals surface area contributed by atoms with Gasteiger partial charge in [0.15, 0.2) is 0 Å². The van der Waals surface area contributed by atoms with Gasteiger partial charge in [-0.05, 0) is 26.9 Å². The number of carbonyl (C=O) groups excluding carboxylic acids is 1. The molecule has 1 heterocycles. The van der Waals surface area contributed by atoms with Crippen molar-refractivity contribution in [1.29, 1.82) is 0 Å². The Bertz CT molecular complexity index is 279. The average molecular weight is 209 g/mol. The van der Waals surface area contributed by atoms with Crippen LogP contribution in [0.4, 0.5) is 0 Å². The molecule has 0 radical (unpaired) electrons. The zero-order valence-electron chi connectivity index (χ0n) is 9.71. The lowest BCUT2D eigenvalue weighted by atomic mass is 10.2. The summed E-state index contributed by atoms with van der Waals surface area (Å²) in [6, 6.07) is 0.395. The minimum absolute atomic E-state index is 0.181. The molecule has 84 valence electrons. The van der Waals surface area contributed by atoms with Gasteiger partial charge in [0.1, 0.15) is 0 Å². The topological polar surface area (TPSA) is 35.6 Å². The van der Waals surface area contributed by atoms with E-state index in [1.165, 1.54) is 0 Å². The molecule has 0 saturated carbocycles. The van der Waals surface area contributed by atoms with Crippen LogP contribution in [0.3, 0.4) is 0 Å². The summed E-state index contributed by atoms with van der Waals surface area (Å²) >= 11 is 0. The highest BCUT2D eigenvalue weighted by molar-refractivity contribution is 5.93. The van der Waals surface area contributed by atoms with Gasteiger partial charge in [-0.1, -0.05) is 5.92 Å². The lowest BCUT2D eigenvalue weighted by molar-refractivity contribution is -0.116. The summed E-state index contributed by atoms with van der Waals surface area (Å²) < 4.78 is 0. The van der Waals surface area contributed by atoms with Crippen LogP contribution in [0.5, 0.6) is 0 Å². The Labute approximate surface area is 91.6 Å². The van der Waals surface area contributed by atoms with Crippen LogP contribution >= 0.6 is 0 Å². The normalized spacial score (nSPS) is 23.0. The molecule has 0 aromatic heterocycles. The van der Waals surface area contributed by atoms with Crippen molar-refractivity contribution < 1.29 is 4.79 Å². The summed E-state index contributed by atoms with van der Waals surface area (Å²) in [6.07, 6.45) is 0. The van der Waals surface area contributed by atoms with Crippen LogP contribution in [0, 0.1) is 11.8 Å². The number of hydrogen-bond acceptors (Lipinski definition) is 3. The molecule has 0 aromatic rings. The van der Waals surface area contributed by atoms with Crippen molar-refractivity contribution >= 4 is 5.91 Å². The van der Waals surface area contributed by atoms with Gasteiger partial charge in [-0.25, -0.2) is 0 Å². The highest BCUT2D eigenvalue weighted by atomic mass is 16.1. The van der Waals surface area contributed by atoms with Gasteiger partial charge in [-0.2, -0.15) is 0 Å². The molecule has 1 N–H and O–H groups in total. The maximum atomic E-state index is 11.2. The van der Waals surface area contributed by atoms with Gasteiger partial charge < -0.3 is 10.2 Å². The van der Waals surface area contributed by atoms with E-state index in [-0.39, 0.29) is 5.91 Å². The molecule has 0 aliphatic carbocycles. The number of amides is 1. The summed E-state index contributed by atoms with van der Waals surface area (Å²) in [5, 5.41) is 2.82. The van der Waals surface area contributed by atoms with Gasteiger partial charge >= 0.3 is 0 Å². The number of rotatable bonds is 2. The van der Waals surface area contributed by atoms with Gasteiger partial charge in [-0.3, -0.25) is 9.69 Å². The maximum Gasteiger partial charge on any atom is 0.295 e. The molecule has 0 aromatic carbocycles. The summed E-state index contributed by atoms with van der Waals surface area (Å²) in [4.78, 5) is 15.7. The number of nitrogens with one attached hydrogen (secondary N) is 1. The predicted octanol–water partition coefficient (Wildman–Crippen LogP) is -0.628. The van der Waals surface area contributed by atoms with Crippen molar-refractivity contribution in [2.24, 2.45) is 0 Å². The van der Waals surface area contributed by atoms with Gasteiger partial charge in [0.2, 0.25) is 0 Å². The van der Waals surface area contributed by atoms with Gasteiger partial charge in [0.05, 0.1) is 0 Å². The first-order valence-electron chi connectivity index (χ1n) is 5.23. The molecule has 1 rings (SSSR count).